The Morgan fingerprint density at radius 1 is 1.27 bits per heavy atom. The third-order valence-electron chi connectivity index (χ3n) is 4.61. The molecule has 2 aliphatic rings. The second-order valence-electron chi connectivity index (χ2n) is 7.96. The van der Waals surface area contributed by atoms with Gasteiger partial charge in [-0.25, -0.2) is 9.78 Å². The smallest absolute Gasteiger partial charge is 0.407 e. The maximum absolute atomic E-state index is 12.3. The summed E-state index contributed by atoms with van der Waals surface area (Å²) in [5, 5.41) is 6.36. The van der Waals surface area contributed by atoms with E-state index in [0.29, 0.717) is 23.9 Å². The van der Waals surface area contributed by atoms with Crippen LogP contribution in [0.4, 0.5) is 9.93 Å². The molecule has 2 fully saturated rings. The Kier molecular flexibility index (Phi) is 5.82. The van der Waals surface area contributed by atoms with E-state index in [1.807, 2.05) is 27.0 Å². The predicted molar refractivity (Wildman–Crippen MR) is 99.4 cm³/mol. The molecule has 1 saturated carbocycles. The Morgan fingerprint density at radius 3 is 2.62 bits per heavy atom. The molecule has 7 nitrogen and oxygen atoms in total. The van der Waals surface area contributed by atoms with Gasteiger partial charge in [-0.1, -0.05) is 0 Å². The van der Waals surface area contributed by atoms with Crippen molar-refractivity contribution in [2.24, 2.45) is 5.92 Å². The van der Waals surface area contributed by atoms with Gasteiger partial charge in [0.2, 0.25) is 5.91 Å². The third kappa shape index (κ3) is 5.17. The monoisotopic (exact) mass is 381 g/mol. The van der Waals surface area contributed by atoms with E-state index in [9.17, 15) is 9.59 Å². The minimum Gasteiger partial charge on any atom is -0.444 e. The van der Waals surface area contributed by atoms with E-state index >= 15 is 0 Å². The van der Waals surface area contributed by atoms with Gasteiger partial charge in [-0.2, -0.15) is 0 Å². The molecular weight excluding hydrogens is 354 g/mol. The Balaban J connectivity index is 1.41. The SMILES string of the molecule is CC(C)(C)OC(=O)N[C@H]1C[C@H](C(=O)Nc2ncc(C3CCOCC3)s2)C1. The quantitative estimate of drug-likeness (QED) is 0.835. The summed E-state index contributed by atoms with van der Waals surface area (Å²) in [5.41, 5.74) is -0.516. The number of nitrogens with one attached hydrogen (secondary N) is 2. The molecule has 1 aliphatic carbocycles. The lowest BCUT2D eigenvalue weighted by Crippen LogP contribution is -2.49. The van der Waals surface area contributed by atoms with E-state index in [1.54, 1.807) is 11.3 Å². The summed E-state index contributed by atoms with van der Waals surface area (Å²) in [5.74, 6) is 0.364. The molecule has 8 heteroatoms. The first-order valence-corrected chi connectivity index (χ1v) is 9.95. The van der Waals surface area contributed by atoms with Gasteiger partial charge in [-0.3, -0.25) is 4.79 Å². The molecule has 0 unspecified atom stereocenters. The number of carbonyl (C=O) groups is 2. The van der Waals surface area contributed by atoms with Crippen molar-refractivity contribution in [2.45, 2.75) is 64.0 Å². The van der Waals surface area contributed by atoms with Crippen molar-refractivity contribution in [1.29, 1.82) is 0 Å². The lowest BCUT2D eigenvalue weighted by atomic mass is 9.80. The fourth-order valence-electron chi connectivity index (χ4n) is 3.15. The number of alkyl carbamates (subject to hydrolysis) is 1. The topological polar surface area (TPSA) is 89.5 Å². The molecule has 0 spiro atoms. The van der Waals surface area contributed by atoms with Crippen molar-refractivity contribution in [2.75, 3.05) is 18.5 Å². The highest BCUT2D eigenvalue weighted by atomic mass is 32.1. The van der Waals surface area contributed by atoms with Crippen molar-refractivity contribution in [3.8, 4) is 0 Å². The maximum Gasteiger partial charge on any atom is 0.407 e. The predicted octanol–water partition coefficient (Wildman–Crippen LogP) is 3.28. The molecule has 1 aliphatic heterocycles. The zero-order chi connectivity index (χ0) is 18.7. The Labute approximate surface area is 157 Å². The molecule has 1 aromatic rings. The Morgan fingerprint density at radius 2 is 1.96 bits per heavy atom. The van der Waals surface area contributed by atoms with Gasteiger partial charge in [-0.05, 0) is 52.4 Å². The number of thiazole rings is 1. The summed E-state index contributed by atoms with van der Waals surface area (Å²) in [7, 11) is 0. The fraction of sp³-hybridized carbons (Fsp3) is 0.722. The molecular formula is C18H27N3O4S. The molecule has 1 aromatic heterocycles. The highest BCUT2D eigenvalue weighted by Gasteiger charge is 2.36. The molecule has 1 saturated heterocycles. The molecule has 2 amide bonds. The third-order valence-corrected chi connectivity index (χ3v) is 5.68. The summed E-state index contributed by atoms with van der Waals surface area (Å²) in [4.78, 5) is 29.6. The molecule has 0 bridgehead atoms. The van der Waals surface area contributed by atoms with Crippen molar-refractivity contribution in [3.63, 3.8) is 0 Å². The number of hydrogen-bond donors (Lipinski definition) is 2. The molecule has 144 valence electrons. The van der Waals surface area contributed by atoms with Crippen molar-refractivity contribution >= 4 is 28.5 Å². The summed E-state index contributed by atoms with van der Waals surface area (Å²) < 4.78 is 10.6. The van der Waals surface area contributed by atoms with E-state index < -0.39 is 11.7 Å². The average Bonchev–Trinajstić information content (AvgIpc) is 2.98. The van der Waals surface area contributed by atoms with Crippen LogP contribution in [0.5, 0.6) is 0 Å². The van der Waals surface area contributed by atoms with Crippen LogP contribution in [-0.4, -0.2) is 41.8 Å². The minimum absolute atomic E-state index is 0.00491. The van der Waals surface area contributed by atoms with Crippen molar-refractivity contribution in [3.05, 3.63) is 11.1 Å². The van der Waals surface area contributed by atoms with Gasteiger partial charge >= 0.3 is 6.09 Å². The summed E-state index contributed by atoms with van der Waals surface area (Å²) >= 11 is 1.55. The van der Waals surface area contributed by atoms with Crippen LogP contribution < -0.4 is 10.6 Å². The largest absolute Gasteiger partial charge is 0.444 e. The van der Waals surface area contributed by atoms with Crippen LogP contribution in [0.2, 0.25) is 0 Å². The number of nitrogens with zero attached hydrogens (tertiary/aromatic N) is 1. The second-order valence-corrected chi connectivity index (χ2v) is 9.02. The number of hydrogen-bond acceptors (Lipinski definition) is 6. The molecule has 0 aromatic carbocycles. The van der Waals surface area contributed by atoms with Gasteiger partial charge in [-0.15, -0.1) is 11.3 Å². The van der Waals surface area contributed by atoms with E-state index in [4.69, 9.17) is 9.47 Å². The standard InChI is InChI=1S/C18H27N3O4S/c1-18(2,3)25-17(23)20-13-8-12(9-13)15(22)21-16-19-10-14(26-16)11-4-6-24-7-5-11/h10-13H,4-9H2,1-3H3,(H,20,23)(H,19,21,22)/t12-,13-. The maximum atomic E-state index is 12.3. The zero-order valence-electron chi connectivity index (χ0n) is 15.5. The lowest BCUT2D eigenvalue weighted by molar-refractivity contribution is -0.122. The number of carbonyl (C=O) groups excluding carboxylic acids is 2. The van der Waals surface area contributed by atoms with Crippen LogP contribution in [0.3, 0.4) is 0 Å². The summed E-state index contributed by atoms with van der Waals surface area (Å²) in [6.07, 6.45) is 4.71. The van der Waals surface area contributed by atoms with Crippen molar-refractivity contribution in [1.82, 2.24) is 10.3 Å². The zero-order valence-corrected chi connectivity index (χ0v) is 16.4. The van der Waals surface area contributed by atoms with E-state index in [0.717, 1.165) is 26.1 Å². The molecule has 26 heavy (non-hydrogen) atoms. The van der Waals surface area contributed by atoms with Gasteiger partial charge in [0, 0.05) is 36.2 Å². The summed E-state index contributed by atoms with van der Waals surface area (Å²) in [6.45, 7) is 7.06. The normalized spacial score (nSPS) is 23.8. The highest BCUT2D eigenvalue weighted by Crippen LogP contribution is 2.34. The van der Waals surface area contributed by atoms with Crippen LogP contribution in [0.15, 0.2) is 6.20 Å². The second kappa shape index (κ2) is 7.92. The average molecular weight is 381 g/mol. The van der Waals surface area contributed by atoms with E-state index in [1.165, 1.54) is 4.88 Å². The minimum atomic E-state index is -0.516. The number of rotatable bonds is 4. The molecule has 2 heterocycles. The number of aromatic nitrogens is 1. The van der Waals surface area contributed by atoms with E-state index in [-0.39, 0.29) is 17.9 Å². The molecule has 0 radical (unpaired) electrons. The first-order chi connectivity index (χ1) is 12.3. The van der Waals surface area contributed by atoms with Gasteiger partial charge in [0.1, 0.15) is 5.60 Å². The number of anilines is 1. The van der Waals surface area contributed by atoms with Gasteiger partial charge < -0.3 is 20.1 Å². The van der Waals surface area contributed by atoms with Gasteiger partial charge in [0.05, 0.1) is 0 Å². The summed E-state index contributed by atoms with van der Waals surface area (Å²) in [6, 6.07) is -0.00491. The first kappa shape index (κ1) is 19.1. The molecule has 0 atom stereocenters. The molecule has 3 rings (SSSR count). The lowest BCUT2D eigenvalue weighted by Gasteiger charge is -2.34. The van der Waals surface area contributed by atoms with Crippen LogP contribution in [0, 0.1) is 5.92 Å². The van der Waals surface area contributed by atoms with Crippen LogP contribution in [-0.2, 0) is 14.3 Å². The van der Waals surface area contributed by atoms with Crippen LogP contribution in [0.1, 0.15) is 57.2 Å². The highest BCUT2D eigenvalue weighted by molar-refractivity contribution is 7.15. The Bertz CT molecular complexity index is 643. The van der Waals surface area contributed by atoms with Crippen molar-refractivity contribution < 1.29 is 19.1 Å². The van der Waals surface area contributed by atoms with E-state index in [2.05, 4.69) is 15.6 Å². The molecule has 2 N–H and O–H groups in total. The fourth-order valence-corrected chi connectivity index (χ4v) is 4.13. The van der Waals surface area contributed by atoms with Crippen LogP contribution >= 0.6 is 11.3 Å². The van der Waals surface area contributed by atoms with Crippen LogP contribution in [0.25, 0.3) is 0 Å². The number of amides is 2. The Hall–Kier alpha value is -1.67. The first-order valence-electron chi connectivity index (χ1n) is 9.14. The van der Waals surface area contributed by atoms with Gasteiger partial charge in [0.15, 0.2) is 5.13 Å². The number of ether oxygens (including phenoxy) is 2. The van der Waals surface area contributed by atoms with Gasteiger partial charge in [0.25, 0.3) is 0 Å².